The molecule has 1 aliphatic carbocycles. The van der Waals surface area contributed by atoms with Crippen LogP contribution in [0.15, 0.2) is 16.7 Å². The maximum Gasteiger partial charge on any atom is 0.268 e. The van der Waals surface area contributed by atoms with E-state index in [1.54, 1.807) is 6.92 Å². The smallest absolute Gasteiger partial charge is 0.268 e. The van der Waals surface area contributed by atoms with E-state index in [1.165, 1.54) is 0 Å². The van der Waals surface area contributed by atoms with Crippen molar-refractivity contribution in [2.45, 2.75) is 31.8 Å². The second-order valence-electron chi connectivity index (χ2n) is 4.24. The molecule has 0 spiro atoms. The number of halogens is 1. The van der Waals surface area contributed by atoms with E-state index >= 15 is 0 Å². The van der Waals surface area contributed by atoms with Crippen molar-refractivity contribution in [2.75, 3.05) is 6.61 Å². The normalized spacial score (nSPS) is 17.2. The van der Waals surface area contributed by atoms with Crippen LogP contribution in [0.3, 0.4) is 0 Å². The van der Waals surface area contributed by atoms with Gasteiger partial charge in [-0.2, -0.15) is 0 Å². The minimum Gasteiger partial charge on any atom is -0.394 e. The molecule has 0 aliphatic heterocycles. The fraction of sp³-hybridized carbons (Fsp3) is 0.545. The number of aliphatic hydroxyl groups is 1. The van der Waals surface area contributed by atoms with Crippen molar-refractivity contribution < 1.29 is 9.90 Å². The van der Waals surface area contributed by atoms with Crippen molar-refractivity contribution in [2.24, 2.45) is 0 Å². The lowest BCUT2D eigenvalue weighted by atomic mass is 10.3. The first kappa shape index (κ1) is 11.7. The molecule has 1 aliphatic rings. The predicted octanol–water partition coefficient (Wildman–Crippen LogP) is 1.70. The molecule has 0 radical (unpaired) electrons. The quantitative estimate of drug-likeness (QED) is 0.885. The van der Waals surface area contributed by atoms with Crippen molar-refractivity contribution >= 4 is 21.8 Å². The molecule has 1 fully saturated rings. The zero-order chi connectivity index (χ0) is 11.7. The van der Waals surface area contributed by atoms with Crippen LogP contribution in [0.2, 0.25) is 0 Å². The molecule has 0 saturated heterocycles. The molecule has 2 rings (SSSR count). The molecule has 0 unspecified atom stereocenters. The minimum atomic E-state index is -0.214. The highest BCUT2D eigenvalue weighted by Crippen LogP contribution is 2.37. The fourth-order valence-electron chi connectivity index (χ4n) is 1.63. The number of amides is 1. The molecule has 4 nitrogen and oxygen atoms in total. The van der Waals surface area contributed by atoms with Crippen molar-refractivity contribution in [1.29, 1.82) is 0 Å². The standard InChI is InChI=1S/C11H15BrN2O2/c1-7(6-15)13-11(16)10-4-8(12)5-14(10)9-2-3-9/h4-5,7,9,15H,2-3,6H2,1H3,(H,13,16)/t7-/m0/s1. The highest BCUT2D eigenvalue weighted by atomic mass is 79.9. The molecule has 16 heavy (non-hydrogen) atoms. The zero-order valence-corrected chi connectivity index (χ0v) is 10.7. The van der Waals surface area contributed by atoms with Gasteiger partial charge >= 0.3 is 0 Å². The summed E-state index contributed by atoms with van der Waals surface area (Å²) < 4.78 is 2.92. The zero-order valence-electron chi connectivity index (χ0n) is 9.11. The van der Waals surface area contributed by atoms with Crippen molar-refractivity contribution in [3.05, 3.63) is 22.4 Å². The molecule has 0 bridgehead atoms. The third kappa shape index (κ3) is 2.47. The van der Waals surface area contributed by atoms with Crippen LogP contribution in [-0.2, 0) is 0 Å². The summed E-state index contributed by atoms with van der Waals surface area (Å²) in [4.78, 5) is 11.9. The molecule has 1 saturated carbocycles. The summed E-state index contributed by atoms with van der Waals surface area (Å²) in [6.45, 7) is 1.73. The Bertz CT molecular complexity index is 399. The second kappa shape index (κ2) is 4.59. The highest BCUT2D eigenvalue weighted by Gasteiger charge is 2.27. The summed E-state index contributed by atoms with van der Waals surface area (Å²) in [5, 5.41) is 11.6. The summed E-state index contributed by atoms with van der Waals surface area (Å²) in [5.41, 5.74) is 0.662. The van der Waals surface area contributed by atoms with Crippen molar-refractivity contribution in [1.82, 2.24) is 9.88 Å². The third-order valence-corrected chi connectivity index (χ3v) is 3.07. The van der Waals surface area contributed by atoms with Crippen LogP contribution in [-0.4, -0.2) is 28.2 Å². The number of carbonyl (C=O) groups excluding carboxylic acids is 1. The molecule has 1 amide bonds. The molecule has 88 valence electrons. The average molecular weight is 287 g/mol. The van der Waals surface area contributed by atoms with Gasteiger partial charge < -0.3 is 15.0 Å². The van der Waals surface area contributed by atoms with E-state index in [-0.39, 0.29) is 18.6 Å². The highest BCUT2D eigenvalue weighted by molar-refractivity contribution is 9.10. The number of hydrogen-bond acceptors (Lipinski definition) is 2. The molecular formula is C11H15BrN2O2. The summed E-state index contributed by atoms with van der Waals surface area (Å²) in [7, 11) is 0. The molecular weight excluding hydrogens is 272 g/mol. The number of nitrogens with one attached hydrogen (secondary N) is 1. The molecule has 1 atom stereocenters. The Morgan fingerprint density at radius 2 is 2.44 bits per heavy atom. The largest absolute Gasteiger partial charge is 0.394 e. The lowest BCUT2D eigenvalue weighted by molar-refractivity contribution is 0.0912. The van der Waals surface area contributed by atoms with Gasteiger partial charge in [0.1, 0.15) is 5.69 Å². The van der Waals surface area contributed by atoms with E-state index in [0.29, 0.717) is 11.7 Å². The van der Waals surface area contributed by atoms with Gasteiger partial charge in [-0.3, -0.25) is 4.79 Å². The summed E-state index contributed by atoms with van der Waals surface area (Å²) >= 11 is 3.38. The van der Waals surface area contributed by atoms with Gasteiger partial charge in [-0.15, -0.1) is 0 Å². The summed E-state index contributed by atoms with van der Waals surface area (Å²) in [6, 6.07) is 2.07. The van der Waals surface area contributed by atoms with E-state index in [1.807, 2.05) is 16.8 Å². The van der Waals surface area contributed by atoms with Gasteiger partial charge in [0.25, 0.3) is 5.91 Å². The van der Waals surface area contributed by atoms with Crippen LogP contribution in [0, 0.1) is 0 Å². The number of hydrogen-bond donors (Lipinski definition) is 2. The third-order valence-electron chi connectivity index (χ3n) is 2.64. The van der Waals surface area contributed by atoms with Gasteiger partial charge in [0.2, 0.25) is 0 Å². The first-order valence-electron chi connectivity index (χ1n) is 5.41. The minimum absolute atomic E-state index is 0.0446. The number of nitrogens with zero attached hydrogens (tertiary/aromatic N) is 1. The molecule has 1 aromatic heterocycles. The van der Waals surface area contributed by atoms with Gasteiger partial charge in [0, 0.05) is 22.8 Å². The SMILES string of the molecule is C[C@@H](CO)NC(=O)c1cc(Br)cn1C1CC1. The number of rotatable bonds is 4. The van der Waals surface area contributed by atoms with Crippen LogP contribution in [0.1, 0.15) is 36.3 Å². The van der Waals surface area contributed by atoms with Crippen molar-refractivity contribution in [3.8, 4) is 0 Å². The van der Waals surface area contributed by atoms with Gasteiger partial charge in [0.05, 0.1) is 6.61 Å². The molecule has 0 aromatic carbocycles. The van der Waals surface area contributed by atoms with Crippen LogP contribution in [0.4, 0.5) is 0 Å². The molecule has 1 aromatic rings. The van der Waals surface area contributed by atoms with E-state index in [2.05, 4.69) is 21.2 Å². The average Bonchev–Trinajstić information content (AvgIpc) is 3.01. The van der Waals surface area contributed by atoms with Crippen LogP contribution < -0.4 is 5.32 Å². The second-order valence-corrected chi connectivity index (χ2v) is 5.15. The first-order valence-corrected chi connectivity index (χ1v) is 6.20. The monoisotopic (exact) mass is 286 g/mol. The van der Waals surface area contributed by atoms with E-state index < -0.39 is 0 Å². The Hall–Kier alpha value is -0.810. The van der Waals surface area contributed by atoms with Gasteiger partial charge in [-0.05, 0) is 41.8 Å². The maximum atomic E-state index is 11.9. The Morgan fingerprint density at radius 1 is 1.75 bits per heavy atom. The number of carbonyl (C=O) groups is 1. The fourth-order valence-corrected chi connectivity index (χ4v) is 2.06. The summed E-state index contributed by atoms with van der Waals surface area (Å²) in [6.07, 6.45) is 4.21. The van der Waals surface area contributed by atoms with Gasteiger partial charge in [-0.1, -0.05) is 0 Å². The molecule has 2 N–H and O–H groups in total. The lowest BCUT2D eigenvalue weighted by Crippen LogP contribution is -2.36. The van der Waals surface area contributed by atoms with E-state index in [9.17, 15) is 4.79 Å². The maximum absolute atomic E-state index is 11.9. The van der Waals surface area contributed by atoms with Crippen LogP contribution in [0.5, 0.6) is 0 Å². The Kier molecular flexibility index (Phi) is 3.35. The van der Waals surface area contributed by atoms with E-state index in [4.69, 9.17) is 5.11 Å². The van der Waals surface area contributed by atoms with E-state index in [0.717, 1.165) is 17.3 Å². The number of aromatic nitrogens is 1. The first-order chi connectivity index (χ1) is 7.61. The summed E-state index contributed by atoms with van der Waals surface area (Å²) in [5.74, 6) is -0.126. The topological polar surface area (TPSA) is 54.3 Å². The lowest BCUT2D eigenvalue weighted by Gasteiger charge is -2.12. The predicted molar refractivity (Wildman–Crippen MR) is 64.4 cm³/mol. The van der Waals surface area contributed by atoms with Crippen LogP contribution >= 0.6 is 15.9 Å². The molecule has 5 heteroatoms. The Balaban J connectivity index is 2.15. The van der Waals surface area contributed by atoms with Crippen molar-refractivity contribution in [3.63, 3.8) is 0 Å². The Morgan fingerprint density at radius 3 is 3.00 bits per heavy atom. The van der Waals surface area contributed by atoms with Crippen LogP contribution in [0.25, 0.3) is 0 Å². The Labute approximate surface area is 103 Å². The number of aliphatic hydroxyl groups excluding tert-OH is 1. The van der Waals surface area contributed by atoms with Gasteiger partial charge in [-0.25, -0.2) is 0 Å². The van der Waals surface area contributed by atoms with Gasteiger partial charge in [0.15, 0.2) is 0 Å². The molecule has 1 heterocycles.